The molecule has 0 bridgehead atoms. The molecule has 3 N–H and O–H groups in total. The first-order valence-corrected chi connectivity index (χ1v) is 9.39. The Bertz CT molecular complexity index is 845. The second kappa shape index (κ2) is 10.3. The maximum atomic E-state index is 12.6. The molecule has 0 aliphatic carbocycles. The molecule has 0 aromatic heterocycles. The quantitative estimate of drug-likeness (QED) is 0.668. The predicted molar refractivity (Wildman–Crippen MR) is 112 cm³/mol. The molecule has 0 aliphatic rings. The number of carbonyl (C=O) groups is 3. The van der Waals surface area contributed by atoms with Crippen molar-refractivity contribution in [2.45, 2.75) is 33.4 Å². The summed E-state index contributed by atoms with van der Waals surface area (Å²) in [5, 5.41) is 8.23. The Labute approximate surface area is 170 Å². The van der Waals surface area contributed by atoms with Crippen LogP contribution in [0.4, 0.5) is 10.5 Å². The highest BCUT2D eigenvalue weighted by molar-refractivity contribution is 5.97. The van der Waals surface area contributed by atoms with Gasteiger partial charge in [-0.05, 0) is 42.7 Å². The molecule has 154 valence electrons. The number of anilines is 1. The third-order valence-electron chi connectivity index (χ3n) is 4.40. The van der Waals surface area contributed by atoms with Crippen LogP contribution in [0, 0.1) is 12.8 Å². The molecule has 0 unspecified atom stereocenters. The van der Waals surface area contributed by atoms with Crippen LogP contribution in [-0.2, 0) is 16.1 Å². The van der Waals surface area contributed by atoms with Gasteiger partial charge in [0.05, 0.1) is 7.11 Å². The largest absolute Gasteiger partial charge is 0.453 e. The lowest BCUT2D eigenvalue weighted by molar-refractivity contribution is -0.124. The number of amides is 3. The molecule has 2 rings (SSSR count). The lowest BCUT2D eigenvalue weighted by atomic mass is 10.0. The molecular formula is C22H27N3O4. The summed E-state index contributed by atoms with van der Waals surface area (Å²) in [6, 6.07) is 13.6. The molecule has 1 atom stereocenters. The van der Waals surface area contributed by atoms with Gasteiger partial charge < -0.3 is 15.4 Å². The van der Waals surface area contributed by atoms with Crippen molar-refractivity contribution in [2.75, 3.05) is 12.4 Å². The van der Waals surface area contributed by atoms with E-state index in [9.17, 15) is 14.4 Å². The Morgan fingerprint density at radius 1 is 0.966 bits per heavy atom. The van der Waals surface area contributed by atoms with Crippen LogP contribution in [0.25, 0.3) is 0 Å². The number of aryl methyl sites for hydroxylation is 1. The Hall–Kier alpha value is -3.35. The summed E-state index contributed by atoms with van der Waals surface area (Å²) in [4.78, 5) is 36.3. The number of hydrogen-bond acceptors (Lipinski definition) is 4. The SMILES string of the molecule is COC(=O)Nc1ccc(CNC(=O)[C@@H](NC(=O)c2ccc(C)cc2)C(C)C)cc1. The predicted octanol–water partition coefficient (Wildman–Crippen LogP) is 3.24. The van der Waals surface area contributed by atoms with Crippen molar-refractivity contribution in [2.24, 2.45) is 5.92 Å². The first-order valence-electron chi connectivity index (χ1n) is 9.39. The highest BCUT2D eigenvalue weighted by Crippen LogP contribution is 2.11. The van der Waals surface area contributed by atoms with Crippen LogP contribution < -0.4 is 16.0 Å². The molecule has 7 nitrogen and oxygen atoms in total. The van der Waals surface area contributed by atoms with Crippen molar-refractivity contribution >= 4 is 23.6 Å². The van der Waals surface area contributed by atoms with Crippen LogP contribution in [0.5, 0.6) is 0 Å². The molecule has 7 heteroatoms. The molecule has 0 spiro atoms. The fourth-order valence-corrected chi connectivity index (χ4v) is 2.64. The first kappa shape index (κ1) is 21.9. The molecule has 0 radical (unpaired) electrons. The van der Waals surface area contributed by atoms with Gasteiger partial charge in [-0.2, -0.15) is 0 Å². The van der Waals surface area contributed by atoms with E-state index in [1.807, 2.05) is 32.9 Å². The van der Waals surface area contributed by atoms with E-state index < -0.39 is 12.1 Å². The van der Waals surface area contributed by atoms with Gasteiger partial charge in [0.15, 0.2) is 0 Å². The second-order valence-electron chi connectivity index (χ2n) is 7.09. The van der Waals surface area contributed by atoms with Crippen molar-refractivity contribution in [3.8, 4) is 0 Å². The third kappa shape index (κ3) is 6.64. The van der Waals surface area contributed by atoms with Crippen molar-refractivity contribution in [1.29, 1.82) is 0 Å². The van der Waals surface area contributed by atoms with Crippen LogP contribution in [0.15, 0.2) is 48.5 Å². The summed E-state index contributed by atoms with van der Waals surface area (Å²) in [7, 11) is 1.29. The van der Waals surface area contributed by atoms with Gasteiger partial charge in [0.1, 0.15) is 6.04 Å². The lowest BCUT2D eigenvalue weighted by Gasteiger charge is -2.22. The summed E-state index contributed by atoms with van der Waals surface area (Å²) in [5.74, 6) is -0.606. The average molecular weight is 397 g/mol. The second-order valence-corrected chi connectivity index (χ2v) is 7.09. The van der Waals surface area contributed by atoms with Crippen molar-refractivity contribution in [1.82, 2.24) is 10.6 Å². The van der Waals surface area contributed by atoms with E-state index in [2.05, 4.69) is 20.7 Å². The number of hydrogen-bond donors (Lipinski definition) is 3. The van der Waals surface area contributed by atoms with Gasteiger partial charge in [0.2, 0.25) is 5.91 Å². The van der Waals surface area contributed by atoms with Gasteiger partial charge in [-0.1, -0.05) is 43.7 Å². The minimum atomic E-state index is -0.649. The van der Waals surface area contributed by atoms with Gasteiger partial charge >= 0.3 is 6.09 Å². The van der Waals surface area contributed by atoms with Crippen LogP contribution in [0.2, 0.25) is 0 Å². The van der Waals surface area contributed by atoms with E-state index in [1.54, 1.807) is 36.4 Å². The Morgan fingerprint density at radius 2 is 1.59 bits per heavy atom. The van der Waals surface area contributed by atoms with Gasteiger partial charge in [-0.3, -0.25) is 14.9 Å². The molecule has 0 heterocycles. The summed E-state index contributed by atoms with van der Waals surface area (Å²) < 4.78 is 4.54. The Balaban J connectivity index is 1.94. The molecule has 0 fully saturated rings. The topological polar surface area (TPSA) is 96.5 Å². The molecule has 3 amide bonds. The number of ether oxygens (including phenoxy) is 1. The van der Waals surface area contributed by atoms with Crippen LogP contribution >= 0.6 is 0 Å². The summed E-state index contributed by atoms with van der Waals surface area (Å²) in [6.45, 7) is 6.02. The molecular weight excluding hydrogens is 370 g/mol. The molecule has 0 aliphatic heterocycles. The normalized spacial score (nSPS) is 11.5. The van der Waals surface area contributed by atoms with Gasteiger partial charge in [-0.15, -0.1) is 0 Å². The highest BCUT2D eigenvalue weighted by atomic mass is 16.5. The van der Waals surface area contributed by atoms with Gasteiger partial charge in [0.25, 0.3) is 5.91 Å². The first-order chi connectivity index (χ1) is 13.8. The summed E-state index contributed by atoms with van der Waals surface area (Å²) >= 11 is 0. The number of carbonyl (C=O) groups excluding carboxylic acids is 3. The molecule has 2 aromatic rings. The Morgan fingerprint density at radius 3 is 2.14 bits per heavy atom. The zero-order chi connectivity index (χ0) is 21.4. The lowest BCUT2D eigenvalue weighted by Crippen LogP contribution is -2.49. The number of nitrogens with one attached hydrogen (secondary N) is 3. The van der Waals surface area contributed by atoms with Crippen molar-refractivity contribution in [3.63, 3.8) is 0 Å². The maximum absolute atomic E-state index is 12.6. The zero-order valence-electron chi connectivity index (χ0n) is 17.1. The monoisotopic (exact) mass is 397 g/mol. The van der Waals surface area contributed by atoms with E-state index in [-0.39, 0.29) is 17.7 Å². The van der Waals surface area contributed by atoms with Crippen molar-refractivity contribution in [3.05, 3.63) is 65.2 Å². The standard InChI is InChI=1S/C22H27N3O4/c1-14(2)19(25-20(26)17-9-5-15(3)6-10-17)21(27)23-13-16-7-11-18(12-8-16)24-22(28)29-4/h5-12,14,19H,13H2,1-4H3,(H,23,27)(H,24,28)(H,25,26)/t19-/m0/s1. The molecule has 0 saturated carbocycles. The minimum absolute atomic E-state index is 0.0731. The van der Waals surface area contributed by atoms with Gasteiger partial charge in [-0.25, -0.2) is 4.79 Å². The average Bonchev–Trinajstić information content (AvgIpc) is 2.71. The smallest absolute Gasteiger partial charge is 0.411 e. The van der Waals surface area contributed by atoms with Crippen LogP contribution in [0.1, 0.15) is 35.3 Å². The van der Waals surface area contributed by atoms with E-state index in [0.29, 0.717) is 17.8 Å². The molecule has 0 saturated heterocycles. The fourth-order valence-electron chi connectivity index (χ4n) is 2.64. The van der Waals surface area contributed by atoms with E-state index in [1.165, 1.54) is 7.11 Å². The highest BCUT2D eigenvalue weighted by Gasteiger charge is 2.24. The van der Waals surface area contributed by atoms with E-state index >= 15 is 0 Å². The van der Waals surface area contributed by atoms with Crippen LogP contribution in [0.3, 0.4) is 0 Å². The maximum Gasteiger partial charge on any atom is 0.411 e. The third-order valence-corrected chi connectivity index (χ3v) is 4.40. The number of rotatable bonds is 7. The van der Waals surface area contributed by atoms with Gasteiger partial charge in [0, 0.05) is 17.8 Å². The number of benzene rings is 2. The van der Waals surface area contributed by atoms with E-state index in [4.69, 9.17) is 0 Å². The summed E-state index contributed by atoms with van der Waals surface area (Å²) in [5.41, 5.74) is 3.04. The fraction of sp³-hybridized carbons (Fsp3) is 0.318. The molecule has 29 heavy (non-hydrogen) atoms. The van der Waals surface area contributed by atoms with Crippen LogP contribution in [-0.4, -0.2) is 31.1 Å². The Kier molecular flexibility index (Phi) is 7.77. The van der Waals surface area contributed by atoms with Crippen molar-refractivity contribution < 1.29 is 19.1 Å². The molecule has 2 aromatic carbocycles. The van der Waals surface area contributed by atoms with E-state index in [0.717, 1.165) is 11.1 Å². The summed E-state index contributed by atoms with van der Waals surface area (Å²) in [6.07, 6.45) is -0.546. The zero-order valence-corrected chi connectivity index (χ0v) is 17.1. The minimum Gasteiger partial charge on any atom is -0.453 e. The number of methoxy groups -OCH3 is 1.